The van der Waals surface area contributed by atoms with E-state index in [0.717, 1.165) is 11.1 Å². The van der Waals surface area contributed by atoms with E-state index in [1.54, 1.807) is 30.3 Å². The van der Waals surface area contributed by atoms with E-state index in [-0.39, 0.29) is 23.7 Å². The van der Waals surface area contributed by atoms with Crippen LogP contribution < -0.4 is 10.6 Å². The van der Waals surface area contributed by atoms with Crippen molar-refractivity contribution in [1.29, 1.82) is 0 Å². The van der Waals surface area contributed by atoms with Gasteiger partial charge in [-0.1, -0.05) is 24.3 Å². The summed E-state index contributed by atoms with van der Waals surface area (Å²) in [5.74, 6) is -0.589. The van der Waals surface area contributed by atoms with Crippen LogP contribution in [0.2, 0.25) is 0 Å². The summed E-state index contributed by atoms with van der Waals surface area (Å²) in [5.41, 5.74) is 2.26. The molecule has 0 unspecified atom stereocenters. The number of halogens is 1. The number of benzene rings is 2. The third kappa shape index (κ3) is 5.67. The quantitative estimate of drug-likeness (QED) is 0.800. The summed E-state index contributed by atoms with van der Waals surface area (Å²) < 4.78 is 13.5. The number of hydrogen-bond acceptors (Lipinski definition) is 3. The van der Waals surface area contributed by atoms with Crippen molar-refractivity contribution in [1.82, 2.24) is 15.5 Å². The molecule has 0 saturated carbocycles. The Balaban J connectivity index is 1.98. The average Bonchev–Trinajstić information content (AvgIpc) is 2.60. The van der Waals surface area contributed by atoms with Gasteiger partial charge in [-0.05, 0) is 49.5 Å². The molecule has 0 radical (unpaired) electrons. The number of amides is 2. The number of nitrogens with one attached hydrogen (secondary N) is 2. The minimum atomic E-state index is -0.296. The molecular weight excluding hydrogens is 333 g/mol. The molecule has 0 heterocycles. The zero-order chi connectivity index (χ0) is 19.1. The second-order valence-corrected chi connectivity index (χ2v) is 6.35. The summed E-state index contributed by atoms with van der Waals surface area (Å²) >= 11 is 0. The van der Waals surface area contributed by atoms with Gasteiger partial charge in [-0.2, -0.15) is 0 Å². The van der Waals surface area contributed by atoms with Gasteiger partial charge in [0.05, 0.1) is 6.04 Å². The average molecular weight is 357 g/mol. The van der Waals surface area contributed by atoms with Crippen LogP contribution in [-0.4, -0.2) is 37.4 Å². The maximum Gasteiger partial charge on any atom is 0.251 e. The molecule has 0 aliphatic heterocycles. The number of carbonyl (C=O) groups excluding carboxylic acids is 2. The van der Waals surface area contributed by atoms with E-state index in [1.165, 1.54) is 19.1 Å². The van der Waals surface area contributed by atoms with Gasteiger partial charge in [0.2, 0.25) is 5.91 Å². The van der Waals surface area contributed by atoms with E-state index >= 15 is 0 Å². The fraction of sp³-hybridized carbons (Fsp3) is 0.300. The molecule has 26 heavy (non-hydrogen) atoms. The Kier molecular flexibility index (Phi) is 6.86. The van der Waals surface area contributed by atoms with Crippen molar-refractivity contribution in [3.8, 4) is 0 Å². The molecule has 0 aliphatic carbocycles. The van der Waals surface area contributed by atoms with Gasteiger partial charge in [0.1, 0.15) is 5.82 Å². The normalized spacial score (nSPS) is 11.9. The first kappa shape index (κ1) is 19.6. The topological polar surface area (TPSA) is 61.4 Å². The first-order valence-corrected chi connectivity index (χ1v) is 8.40. The molecule has 1 atom stereocenters. The van der Waals surface area contributed by atoms with Gasteiger partial charge in [-0.25, -0.2) is 4.39 Å². The molecule has 2 amide bonds. The number of nitrogens with zero attached hydrogens (tertiary/aromatic N) is 1. The van der Waals surface area contributed by atoms with Gasteiger partial charge >= 0.3 is 0 Å². The Labute approximate surface area is 153 Å². The molecule has 0 spiro atoms. The van der Waals surface area contributed by atoms with Crippen molar-refractivity contribution in [2.45, 2.75) is 19.5 Å². The lowest BCUT2D eigenvalue weighted by Crippen LogP contribution is -2.34. The van der Waals surface area contributed by atoms with Crippen molar-refractivity contribution in [3.63, 3.8) is 0 Å². The van der Waals surface area contributed by atoms with E-state index in [2.05, 4.69) is 10.6 Å². The smallest absolute Gasteiger partial charge is 0.251 e. The second-order valence-electron chi connectivity index (χ2n) is 6.35. The van der Waals surface area contributed by atoms with Gasteiger partial charge in [-0.3, -0.25) is 9.59 Å². The summed E-state index contributed by atoms with van der Waals surface area (Å²) in [4.78, 5) is 25.2. The molecule has 0 bridgehead atoms. The highest BCUT2D eigenvalue weighted by atomic mass is 19.1. The monoisotopic (exact) mass is 357 g/mol. The fourth-order valence-corrected chi connectivity index (χ4v) is 2.60. The molecule has 2 N–H and O–H groups in total. The van der Waals surface area contributed by atoms with Crippen LogP contribution in [0, 0.1) is 5.82 Å². The summed E-state index contributed by atoms with van der Waals surface area (Å²) in [6.07, 6.45) is 0. The highest BCUT2D eigenvalue weighted by Crippen LogP contribution is 2.18. The highest BCUT2D eigenvalue weighted by molar-refractivity contribution is 5.94. The standard InChI is InChI=1S/C20H24FN3O2/c1-14(25)22-12-15-7-9-16(10-8-15)20(26)23-13-19(24(2)3)17-5-4-6-18(21)11-17/h4-11,19H,12-13H2,1-3H3,(H,22,25)(H,23,26)/t19-/m0/s1. The summed E-state index contributed by atoms with van der Waals surface area (Å²) in [6.45, 7) is 2.25. The van der Waals surface area contributed by atoms with Crippen LogP contribution in [0.15, 0.2) is 48.5 Å². The molecule has 138 valence electrons. The van der Waals surface area contributed by atoms with Crippen molar-refractivity contribution >= 4 is 11.8 Å². The lowest BCUT2D eigenvalue weighted by molar-refractivity contribution is -0.119. The Morgan fingerprint density at radius 3 is 2.35 bits per heavy atom. The van der Waals surface area contributed by atoms with Gasteiger partial charge < -0.3 is 15.5 Å². The third-order valence-electron chi connectivity index (χ3n) is 4.07. The first-order chi connectivity index (χ1) is 12.4. The number of hydrogen-bond donors (Lipinski definition) is 2. The van der Waals surface area contributed by atoms with Crippen LogP contribution in [0.25, 0.3) is 0 Å². The Morgan fingerprint density at radius 1 is 1.08 bits per heavy atom. The molecule has 5 nitrogen and oxygen atoms in total. The Morgan fingerprint density at radius 2 is 1.77 bits per heavy atom. The fourth-order valence-electron chi connectivity index (χ4n) is 2.60. The molecule has 0 fully saturated rings. The summed E-state index contributed by atoms with van der Waals surface area (Å²) in [5, 5.41) is 5.61. The Bertz CT molecular complexity index is 760. The largest absolute Gasteiger partial charge is 0.352 e. The van der Waals surface area contributed by atoms with Gasteiger partial charge in [0.25, 0.3) is 5.91 Å². The molecule has 2 rings (SSSR count). The van der Waals surface area contributed by atoms with Crippen molar-refractivity contribution < 1.29 is 14.0 Å². The molecule has 0 saturated heterocycles. The molecular formula is C20H24FN3O2. The number of rotatable bonds is 7. The van der Waals surface area contributed by atoms with Gasteiger partial charge in [0, 0.05) is 25.6 Å². The van der Waals surface area contributed by atoms with E-state index in [0.29, 0.717) is 18.7 Å². The maximum absolute atomic E-state index is 13.5. The van der Waals surface area contributed by atoms with Crippen molar-refractivity contribution in [3.05, 3.63) is 71.0 Å². The summed E-state index contributed by atoms with van der Waals surface area (Å²) in [6, 6.07) is 13.3. The zero-order valence-electron chi connectivity index (χ0n) is 15.3. The van der Waals surface area contributed by atoms with E-state index in [9.17, 15) is 14.0 Å². The van der Waals surface area contributed by atoms with Gasteiger partial charge in [0.15, 0.2) is 0 Å². The van der Waals surface area contributed by atoms with Crippen LogP contribution in [0.1, 0.15) is 34.5 Å². The molecule has 0 aliphatic rings. The minimum Gasteiger partial charge on any atom is -0.352 e. The zero-order valence-corrected chi connectivity index (χ0v) is 15.3. The summed E-state index contributed by atoms with van der Waals surface area (Å²) in [7, 11) is 3.77. The number of carbonyl (C=O) groups is 2. The lowest BCUT2D eigenvalue weighted by atomic mass is 10.1. The number of likely N-dealkylation sites (N-methyl/N-ethyl adjacent to an activating group) is 1. The van der Waals surface area contributed by atoms with E-state index in [1.807, 2.05) is 25.1 Å². The Hall–Kier alpha value is -2.73. The van der Waals surface area contributed by atoms with Crippen LogP contribution in [-0.2, 0) is 11.3 Å². The van der Waals surface area contributed by atoms with E-state index < -0.39 is 0 Å². The second kappa shape index (κ2) is 9.10. The van der Waals surface area contributed by atoms with Gasteiger partial charge in [-0.15, -0.1) is 0 Å². The van der Waals surface area contributed by atoms with Crippen LogP contribution in [0.4, 0.5) is 4.39 Å². The molecule has 2 aromatic carbocycles. The minimum absolute atomic E-state index is 0.0982. The van der Waals surface area contributed by atoms with Crippen molar-refractivity contribution in [2.75, 3.05) is 20.6 Å². The molecule has 6 heteroatoms. The van der Waals surface area contributed by atoms with Crippen molar-refractivity contribution in [2.24, 2.45) is 0 Å². The lowest BCUT2D eigenvalue weighted by Gasteiger charge is -2.25. The highest BCUT2D eigenvalue weighted by Gasteiger charge is 2.16. The van der Waals surface area contributed by atoms with E-state index in [4.69, 9.17) is 0 Å². The molecule has 2 aromatic rings. The van der Waals surface area contributed by atoms with Crippen LogP contribution in [0.5, 0.6) is 0 Å². The van der Waals surface area contributed by atoms with Crippen LogP contribution >= 0.6 is 0 Å². The predicted molar refractivity (Wildman–Crippen MR) is 99.1 cm³/mol. The SMILES string of the molecule is CC(=O)NCc1ccc(C(=O)NC[C@@H](c2cccc(F)c2)N(C)C)cc1. The third-order valence-corrected chi connectivity index (χ3v) is 4.07. The maximum atomic E-state index is 13.5. The predicted octanol–water partition coefficient (Wildman–Crippen LogP) is 2.49. The van der Waals surface area contributed by atoms with Crippen LogP contribution in [0.3, 0.4) is 0 Å². The molecule has 0 aromatic heterocycles. The first-order valence-electron chi connectivity index (χ1n) is 8.40.